The Labute approximate surface area is 107 Å². The van der Waals surface area contributed by atoms with Crippen LogP contribution in [0.5, 0.6) is 0 Å². The molecule has 2 heterocycles. The molecule has 94 valence electrons. The molecule has 1 aliphatic rings. The van der Waals surface area contributed by atoms with Crippen LogP contribution in [0.25, 0.3) is 0 Å². The van der Waals surface area contributed by atoms with E-state index < -0.39 is 0 Å². The minimum absolute atomic E-state index is 0.948. The molecule has 0 amide bonds. The molecule has 0 atom stereocenters. The standard InChI is InChI=1S/C14H18N4/c1-3-12-5-6-14(17-13(12)4-1)16-7-2-9-18-10-8-15-11-18/h5-6,8,10-11H,1-4,7,9H2,(H,16,17). The van der Waals surface area contributed by atoms with E-state index in [0.717, 1.165) is 31.7 Å². The molecule has 0 aromatic carbocycles. The molecule has 0 saturated carbocycles. The number of aromatic nitrogens is 3. The second-order valence-corrected chi connectivity index (χ2v) is 4.74. The number of rotatable bonds is 5. The van der Waals surface area contributed by atoms with Crippen molar-refractivity contribution in [2.45, 2.75) is 32.2 Å². The van der Waals surface area contributed by atoms with E-state index in [2.05, 4.69) is 32.0 Å². The maximum absolute atomic E-state index is 4.66. The van der Waals surface area contributed by atoms with E-state index in [1.807, 2.05) is 18.7 Å². The molecule has 4 heteroatoms. The van der Waals surface area contributed by atoms with Crippen molar-refractivity contribution in [3.63, 3.8) is 0 Å². The van der Waals surface area contributed by atoms with Crippen LogP contribution in [-0.4, -0.2) is 21.1 Å². The van der Waals surface area contributed by atoms with Crippen molar-refractivity contribution in [1.82, 2.24) is 14.5 Å². The molecular weight excluding hydrogens is 224 g/mol. The molecule has 0 unspecified atom stereocenters. The lowest BCUT2D eigenvalue weighted by Crippen LogP contribution is -2.07. The fraction of sp³-hybridized carbons (Fsp3) is 0.429. The topological polar surface area (TPSA) is 42.7 Å². The van der Waals surface area contributed by atoms with Crippen molar-refractivity contribution in [2.75, 3.05) is 11.9 Å². The first-order chi connectivity index (χ1) is 8.92. The summed E-state index contributed by atoms with van der Waals surface area (Å²) in [5.41, 5.74) is 2.72. The zero-order chi connectivity index (χ0) is 12.2. The summed E-state index contributed by atoms with van der Waals surface area (Å²) < 4.78 is 2.10. The van der Waals surface area contributed by atoms with Crippen LogP contribution in [0.1, 0.15) is 24.1 Å². The molecule has 0 fully saturated rings. The second-order valence-electron chi connectivity index (χ2n) is 4.74. The average molecular weight is 242 g/mol. The Kier molecular flexibility index (Phi) is 3.26. The Bertz CT molecular complexity index is 505. The van der Waals surface area contributed by atoms with Crippen LogP contribution in [0.3, 0.4) is 0 Å². The Morgan fingerprint density at radius 3 is 3.17 bits per heavy atom. The van der Waals surface area contributed by atoms with Crippen molar-refractivity contribution in [3.05, 3.63) is 42.1 Å². The van der Waals surface area contributed by atoms with Gasteiger partial charge in [0.1, 0.15) is 5.82 Å². The summed E-state index contributed by atoms with van der Waals surface area (Å²) in [5, 5.41) is 3.39. The molecule has 2 aromatic rings. The number of nitrogens with zero attached hydrogens (tertiary/aromatic N) is 3. The molecule has 0 aliphatic heterocycles. The highest BCUT2D eigenvalue weighted by Gasteiger charge is 2.11. The predicted octanol–water partition coefficient (Wildman–Crippen LogP) is 2.27. The number of nitrogens with one attached hydrogen (secondary N) is 1. The monoisotopic (exact) mass is 242 g/mol. The quantitative estimate of drug-likeness (QED) is 0.818. The fourth-order valence-electron chi connectivity index (χ4n) is 2.42. The Balaban J connectivity index is 1.48. The maximum Gasteiger partial charge on any atom is 0.126 e. The lowest BCUT2D eigenvalue weighted by molar-refractivity contribution is 0.660. The van der Waals surface area contributed by atoms with Crippen LogP contribution in [0.4, 0.5) is 5.82 Å². The van der Waals surface area contributed by atoms with Gasteiger partial charge in [-0.05, 0) is 37.3 Å². The summed E-state index contributed by atoms with van der Waals surface area (Å²) in [7, 11) is 0. The number of anilines is 1. The van der Waals surface area contributed by atoms with Crippen molar-refractivity contribution >= 4 is 5.82 Å². The van der Waals surface area contributed by atoms with Gasteiger partial charge >= 0.3 is 0 Å². The molecule has 2 aromatic heterocycles. The highest BCUT2D eigenvalue weighted by atomic mass is 15.0. The lowest BCUT2D eigenvalue weighted by atomic mass is 10.2. The molecule has 18 heavy (non-hydrogen) atoms. The SMILES string of the molecule is c1cn(CCCNc2ccc3c(n2)CCC3)cn1. The molecule has 4 nitrogen and oxygen atoms in total. The van der Waals surface area contributed by atoms with Crippen LogP contribution >= 0.6 is 0 Å². The molecule has 1 aliphatic carbocycles. The zero-order valence-electron chi connectivity index (χ0n) is 10.5. The largest absolute Gasteiger partial charge is 0.370 e. The first-order valence-electron chi connectivity index (χ1n) is 6.60. The molecule has 0 saturated heterocycles. The highest BCUT2D eigenvalue weighted by Crippen LogP contribution is 2.21. The van der Waals surface area contributed by atoms with Crippen molar-refractivity contribution < 1.29 is 0 Å². The Morgan fingerprint density at radius 1 is 1.28 bits per heavy atom. The van der Waals surface area contributed by atoms with Gasteiger partial charge in [0.05, 0.1) is 6.33 Å². The van der Waals surface area contributed by atoms with E-state index in [0.29, 0.717) is 0 Å². The number of aryl methyl sites for hydroxylation is 3. The summed E-state index contributed by atoms with van der Waals surface area (Å²) in [6.45, 7) is 1.95. The van der Waals surface area contributed by atoms with Gasteiger partial charge in [-0.1, -0.05) is 6.07 Å². The lowest BCUT2D eigenvalue weighted by Gasteiger charge is -2.07. The molecule has 0 spiro atoms. The third-order valence-corrected chi connectivity index (χ3v) is 3.39. The third kappa shape index (κ3) is 2.53. The van der Waals surface area contributed by atoms with E-state index in [1.165, 1.54) is 24.1 Å². The molecule has 1 N–H and O–H groups in total. The van der Waals surface area contributed by atoms with Gasteiger partial charge in [0.2, 0.25) is 0 Å². The van der Waals surface area contributed by atoms with E-state index in [9.17, 15) is 0 Å². The Morgan fingerprint density at radius 2 is 2.28 bits per heavy atom. The highest BCUT2D eigenvalue weighted by molar-refractivity contribution is 5.40. The van der Waals surface area contributed by atoms with Crippen molar-refractivity contribution in [1.29, 1.82) is 0 Å². The van der Waals surface area contributed by atoms with Gasteiger partial charge in [0, 0.05) is 31.2 Å². The van der Waals surface area contributed by atoms with Gasteiger partial charge in [-0.3, -0.25) is 0 Å². The van der Waals surface area contributed by atoms with Crippen molar-refractivity contribution in [2.24, 2.45) is 0 Å². The van der Waals surface area contributed by atoms with E-state index >= 15 is 0 Å². The molecule has 0 radical (unpaired) electrons. The van der Waals surface area contributed by atoms with Crippen LogP contribution < -0.4 is 5.32 Å². The summed E-state index contributed by atoms with van der Waals surface area (Å²) in [6.07, 6.45) is 10.3. The normalized spacial score (nSPS) is 13.6. The van der Waals surface area contributed by atoms with Gasteiger partial charge in [-0.2, -0.15) is 0 Å². The summed E-state index contributed by atoms with van der Waals surface area (Å²) in [4.78, 5) is 8.69. The van der Waals surface area contributed by atoms with E-state index in [4.69, 9.17) is 0 Å². The van der Waals surface area contributed by atoms with Crippen LogP contribution in [0, 0.1) is 0 Å². The maximum atomic E-state index is 4.66. The second kappa shape index (κ2) is 5.21. The molecule has 0 bridgehead atoms. The number of imidazole rings is 1. The van der Waals surface area contributed by atoms with Gasteiger partial charge in [-0.15, -0.1) is 0 Å². The minimum Gasteiger partial charge on any atom is -0.370 e. The third-order valence-electron chi connectivity index (χ3n) is 3.39. The van der Waals surface area contributed by atoms with Gasteiger partial charge in [0.15, 0.2) is 0 Å². The van der Waals surface area contributed by atoms with Gasteiger partial charge in [-0.25, -0.2) is 9.97 Å². The zero-order valence-corrected chi connectivity index (χ0v) is 10.5. The van der Waals surface area contributed by atoms with Gasteiger partial charge < -0.3 is 9.88 Å². The number of pyridine rings is 1. The van der Waals surface area contributed by atoms with Crippen LogP contribution in [0.15, 0.2) is 30.9 Å². The van der Waals surface area contributed by atoms with E-state index in [1.54, 1.807) is 0 Å². The summed E-state index contributed by atoms with van der Waals surface area (Å²) in [5.74, 6) is 1.02. The predicted molar refractivity (Wildman–Crippen MR) is 71.6 cm³/mol. The number of fused-ring (bicyclic) bond motifs is 1. The van der Waals surface area contributed by atoms with Crippen LogP contribution in [0.2, 0.25) is 0 Å². The fourth-order valence-corrected chi connectivity index (χ4v) is 2.42. The average Bonchev–Trinajstić information content (AvgIpc) is 3.05. The minimum atomic E-state index is 0.948. The first-order valence-corrected chi connectivity index (χ1v) is 6.60. The van der Waals surface area contributed by atoms with E-state index in [-0.39, 0.29) is 0 Å². The summed E-state index contributed by atoms with van der Waals surface area (Å²) in [6, 6.07) is 4.31. The number of hydrogen-bond donors (Lipinski definition) is 1. The smallest absolute Gasteiger partial charge is 0.126 e. The van der Waals surface area contributed by atoms with Gasteiger partial charge in [0.25, 0.3) is 0 Å². The van der Waals surface area contributed by atoms with Crippen molar-refractivity contribution in [3.8, 4) is 0 Å². The number of hydrogen-bond acceptors (Lipinski definition) is 3. The summed E-state index contributed by atoms with van der Waals surface area (Å²) >= 11 is 0. The molecule has 3 rings (SSSR count). The Hall–Kier alpha value is -1.84. The first kappa shape index (κ1) is 11.3. The molecular formula is C14H18N4. The van der Waals surface area contributed by atoms with Crippen LogP contribution in [-0.2, 0) is 19.4 Å².